The fourth-order valence-corrected chi connectivity index (χ4v) is 5.31. The predicted molar refractivity (Wildman–Crippen MR) is 179 cm³/mol. The molecule has 3 aromatic carbocycles. The van der Waals surface area contributed by atoms with Crippen molar-refractivity contribution in [1.29, 1.82) is 0 Å². The van der Waals surface area contributed by atoms with Gasteiger partial charge in [-0.1, -0.05) is 36.4 Å². The molecular formula is C35H30N3O11. The van der Waals surface area contributed by atoms with Crippen molar-refractivity contribution < 1.29 is 38.5 Å². The number of nitro groups is 3. The van der Waals surface area contributed by atoms with Gasteiger partial charge in [-0.25, -0.2) is 4.79 Å². The Bertz CT molecular complexity index is 1800. The van der Waals surface area contributed by atoms with Crippen molar-refractivity contribution in [1.82, 2.24) is 0 Å². The Morgan fingerprint density at radius 1 is 0.694 bits per heavy atom. The number of rotatable bonds is 16. The van der Waals surface area contributed by atoms with Crippen LogP contribution in [-0.4, -0.2) is 67.5 Å². The number of non-ortho nitro benzene ring substituents is 2. The number of hydrogen-bond donors (Lipinski definition) is 0. The number of methoxy groups -OCH3 is 1. The normalized spacial score (nSPS) is 14.7. The molecule has 0 atom stereocenters. The first-order valence-electron chi connectivity index (χ1n) is 15.0. The molecule has 0 amide bonds. The third-order valence-electron chi connectivity index (χ3n) is 7.56. The van der Waals surface area contributed by atoms with Crippen LogP contribution in [0.1, 0.15) is 32.6 Å². The molecule has 0 saturated heterocycles. The maximum Gasteiger partial charge on any atom is 0.339 e. The molecule has 5 rings (SSSR count). The number of allylic oxidation sites excluding steroid dienone is 1. The Labute approximate surface area is 281 Å². The van der Waals surface area contributed by atoms with Crippen LogP contribution in [0.15, 0.2) is 54.6 Å². The van der Waals surface area contributed by atoms with Crippen molar-refractivity contribution >= 4 is 40.8 Å². The minimum absolute atomic E-state index is 0.000149. The van der Waals surface area contributed by atoms with Gasteiger partial charge in [0.15, 0.2) is 0 Å². The molecule has 251 valence electrons. The SMILES string of the molecule is COCCOCCOCCOC(=O)c1cc([N+](=O)[O-])cc2c1-c1c(cc([N+](=O)[O-])cc1[N+](=O)[O-])/C2=C/c1ccc(/C=C\[C]2[CH][CH][CH][CH]2)cc1. The standard InChI is InChI=1S/C35H30N3O11/c1-46-12-13-47-14-15-48-16-17-49-35(39)31-21-26(36(40)41)19-29-28(18-25-10-8-24(9-11-25)7-6-23-4-2-3-5-23)30-20-27(37(42)43)22-32(38(44)45)34(30)33(29)31/h2-11,18-22H,12-17H2,1H3/b7-6-,28-18+. The largest absolute Gasteiger partial charge is 0.460 e. The number of fused-ring (bicyclic) bond motifs is 3. The van der Waals surface area contributed by atoms with Crippen molar-refractivity contribution in [3.8, 4) is 11.1 Å². The van der Waals surface area contributed by atoms with E-state index in [4.69, 9.17) is 18.9 Å². The minimum Gasteiger partial charge on any atom is -0.460 e. The summed E-state index contributed by atoms with van der Waals surface area (Å²) >= 11 is 0. The molecule has 0 aliphatic heterocycles. The molecule has 14 nitrogen and oxygen atoms in total. The minimum atomic E-state index is -0.985. The summed E-state index contributed by atoms with van der Waals surface area (Å²) in [5, 5.41) is 36.2. The lowest BCUT2D eigenvalue weighted by Gasteiger charge is -2.11. The summed E-state index contributed by atoms with van der Waals surface area (Å²) in [4.78, 5) is 47.4. The topological polar surface area (TPSA) is 183 Å². The van der Waals surface area contributed by atoms with E-state index in [1.54, 1.807) is 25.3 Å². The van der Waals surface area contributed by atoms with Gasteiger partial charge in [0.25, 0.3) is 17.1 Å². The van der Waals surface area contributed by atoms with Crippen LogP contribution in [0.25, 0.3) is 28.9 Å². The van der Waals surface area contributed by atoms with Crippen molar-refractivity contribution in [2.24, 2.45) is 0 Å². The van der Waals surface area contributed by atoms with E-state index in [9.17, 15) is 35.1 Å². The Hall–Kier alpha value is -5.31. The highest BCUT2D eigenvalue weighted by atomic mass is 16.6. The molecule has 0 heterocycles. The van der Waals surface area contributed by atoms with Crippen molar-refractivity contribution in [3.63, 3.8) is 0 Å². The monoisotopic (exact) mass is 668 g/mol. The quantitative estimate of drug-likeness (QED) is 0.0570. The zero-order valence-electron chi connectivity index (χ0n) is 26.2. The number of carbonyl (C=O) groups is 1. The summed E-state index contributed by atoms with van der Waals surface area (Å²) in [7, 11) is 1.55. The second-order valence-corrected chi connectivity index (χ2v) is 10.7. The van der Waals surface area contributed by atoms with Crippen LogP contribution >= 0.6 is 0 Å². The van der Waals surface area contributed by atoms with Gasteiger partial charge in [-0.15, -0.1) is 0 Å². The van der Waals surface area contributed by atoms with Crippen LogP contribution < -0.4 is 0 Å². The van der Waals surface area contributed by atoms with Crippen molar-refractivity contribution in [2.75, 3.05) is 46.8 Å². The fourth-order valence-electron chi connectivity index (χ4n) is 5.31. The average molecular weight is 669 g/mol. The molecule has 14 heteroatoms. The smallest absolute Gasteiger partial charge is 0.339 e. The van der Waals surface area contributed by atoms with Gasteiger partial charge in [0.2, 0.25) is 0 Å². The highest BCUT2D eigenvalue weighted by Gasteiger charge is 2.38. The summed E-state index contributed by atoms with van der Waals surface area (Å²) in [5.41, 5.74) is -0.158. The Morgan fingerprint density at radius 3 is 1.88 bits per heavy atom. The molecule has 0 aromatic heterocycles. The number of esters is 1. The first kappa shape index (κ1) is 35.0. The van der Waals surface area contributed by atoms with E-state index < -0.39 is 37.8 Å². The van der Waals surface area contributed by atoms with Gasteiger partial charge in [0.05, 0.1) is 65.0 Å². The zero-order chi connectivity index (χ0) is 34.9. The van der Waals surface area contributed by atoms with Crippen molar-refractivity contribution in [3.05, 3.63) is 144 Å². The third-order valence-corrected chi connectivity index (χ3v) is 7.56. The van der Waals surface area contributed by atoms with E-state index in [0.717, 1.165) is 29.7 Å². The molecular weight excluding hydrogens is 638 g/mol. The molecule has 5 radical (unpaired) electrons. The van der Waals surface area contributed by atoms with Gasteiger partial charge >= 0.3 is 5.97 Å². The lowest BCUT2D eigenvalue weighted by atomic mass is 9.96. The van der Waals surface area contributed by atoms with E-state index in [-0.39, 0.29) is 59.8 Å². The highest BCUT2D eigenvalue weighted by molar-refractivity contribution is 6.15. The molecule has 1 saturated carbocycles. The summed E-state index contributed by atoms with van der Waals surface area (Å²) in [6, 6.07) is 11.4. The molecule has 1 fully saturated rings. The van der Waals surface area contributed by atoms with E-state index >= 15 is 0 Å². The third kappa shape index (κ3) is 8.41. The fraction of sp³-hybridized carbons (Fsp3) is 0.200. The molecule has 0 unspecified atom stereocenters. The molecule has 2 aliphatic carbocycles. The molecule has 0 spiro atoms. The highest BCUT2D eigenvalue weighted by Crippen LogP contribution is 2.53. The molecule has 3 aromatic rings. The van der Waals surface area contributed by atoms with Gasteiger partial charge in [-0.05, 0) is 54.0 Å². The van der Waals surface area contributed by atoms with E-state index in [1.807, 2.05) is 50.0 Å². The Kier molecular flexibility index (Phi) is 11.6. The predicted octanol–water partition coefficient (Wildman–Crippen LogP) is 6.24. The lowest BCUT2D eigenvalue weighted by molar-refractivity contribution is -0.393. The van der Waals surface area contributed by atoms with Crippen LogP contribution in [0.4, 0.5) is 17.1 Å². The van der Waals surface area contributed by atoms with Crippen LogP contribution in [0.3, 0.4) is 0 Å². The zero-order valence-corrected chi connectivity index (χ0v) is 26.2. The molecule has 0 bridgehead atoms. The van der Waals surface area contributed by atoms with Crippen LogP contribution in [0.2, 0.25) is 0 Å². The summed E-state index contributed by atoms with van der Waals surface area (Å²) in [6.07, 6.45) is 13.2. The van der Waals surface area contributed by atoms with Crippen LogP contribution in [0.5, 0.6) is 0 Å². The van der Waals surface area contributed by atoms with Gasteiger partial charge in [0.1, 0.15) is 6.61 Å². The summed E-state index contributed by atoms with van der Waals surface area (Å²) in [6.45, 7) is 1.08. The first-order valence-corrected chi connectivity index (χ1v) is 15.0. The second-order valence-electron chi connectivity index (χ2n) is 10.7. The van der Waals surface area contributed by atoms with Gasteiger partial charge in [-0.2, -0.15) is 0 Å². The Balaban J connectivity index is 1.52. The van der Waals surface area contributed by atoms with E-state index in [1.165, 1.54) is 6.07 Å². The lowest BCUT2D eigenvalue weighted by Crippen LogP contribution is -2.15. The van der Waals surface area contributed by atoms with E-state index in [0.29, 0.717) is 18.8 Å². The second kappa shape index (κ2) is 16.2. The van der Waals surface area contributed by atoms with Gasteiger partial charge in [0, 0.05) is 42.4 Å². The summed E-state index contributed by atoms with van der Waals surface area (Å²) < 4.78 is 21.0. The number of hydrogen-bond acceptors (Lipinski definition) is 11. The molecule has 49 heavy (non-hydrogen) atoms. The average Bonchev–Trinajstić information content (AvgIpc) is 3.72. The van der Waals surface area contributed by atoms with Crippen LogP contribution in [-0.2, 0) is 18.9 Å². The van der Waals surface area contributed by atoms with Crippen LogP contribution in [0, 0.1) is 61.9 Å². The first-order chi connectivity index (χ1) is 23.7. The maximum atomic E-state index is 13.5. The summed E-state index contributed by atoms with van der Waals surface area (Å²) in [5.74, 6) is 0.0426. The van der Waals surface area contributed by atoms with Gasteiger partial charge in [-0.3, -0.25) is 30.3 Å². The number of carbonyl (C=O) groups excluding carboxylic acids is 1. The molecule has 2 aliphatic rings. The number of nitro benzene ring substituents is 3. The number of nitrogens with zero attached hydrogens (tertiary/aromatic N) is 3. The molecule has 0 N–H and O–H groups in total. The van der Waals surface area contributed by atoms with Gasteiger partial charge < -0.3 is 18.9 Å². The maximum absolute atomic E-state index is 13.5. The number of ether oxygens (including phenoxy) is 4. The number of benzene rings is 3. The van der Waals surface area contributed by atoms with E-state index in [2.05, 4.69) is 0 Å². The Morgan fingerprint density at radius 2 is 1.27 bits per heavy atom. The van der Waals surface area contributed by atoms with Crippen molar-refractivity contribution in [2.45, 2.75) is 0 Å².